The molecule has 16 heavy (non-hydrogen) atoms. The summed E-state index contributed by atoms with van der Waals surface area (Å²) in [6, 6.07) is 3.74. The molecule has 0 spiro atoms. The van der Waals surface area contributed by atoms with E-state index in [1.807, 2.05) is 19.1 Å². The molecule has 0 bridgehead atoms. The monoisotopic (exact) mass is 225 g/mol. The summed E-state index contributed by atoms with van der Waals surface area (Å²) in [6.45, 7) is 3.13. The Morgan fingerprint density at radius 1 is 1.12 bits per heavy atom. The van der Waals surface area contributed by atoms with Crippen LogP contribution in [0.15, 0.2) is 12.1 Å². The van der Waals surface area contributed by atoms with Gasteiger partial charge in [0.25, 0.3) is 0 Å². The Kier molecular flexibility index (Phi) is 4.92. The molecule has 0 unspecified atom stereocenters. The Morgan fingerprint density at radius 3 is 2.06 bits per heavy atom. The Hall–Kier alpha value is -1.42. The molecule has 0 aliphatic heterocycles. The fraction of sp³-hybridized carbons (Fsp3) is 0.500. The van der Waals surface area contributed by atoms with Crippen LogP contribution in [0.1, 0.15) is 18.9 Å². The highest BCUT2D eigenvalue weighted by Gasteiger charge is 2.13. The third-order valence-electron chi connectivity index (χ3n) is 2.21. The third-order valence-corrected chi connectivity index (χ3v) is 2.21. The molecule has 0 aromatic heterocycles. The first-order valence-corrected chi connectivity index (χ1v) is 5.34. The fourth-order valence-corrected chi connectivity index (χ4v) is 1.40. The average Bonchev–Trinajstić information content (AvgIpc) is 2.35. The first-order chi connectivity index (χ1) is 7.76. The maximum absolute atomic E-state index is 5.61. The van der Waals surface area contributed by atoms with Crippen LogP contribution in [0.25, 0.3) is 0 Å². The molecule has 4 nitrogen and oxygen atoms in total. The molecule has 1 aromatic carbocycles. The summed E-state index contributed by atoms with van der Waals surface area (Å²) in [5.41, 5.74) is 6.55. The molecule has 0 atom stereocenters. The van der Waals surface area contributed by atoms with Crippen molar-refractivity contribution in [3.63, 3.8) is 0 Å². The first kappa shape index (κ1) is 12.6. The van der Waals surface area contributed by atoms with Gasteiger partial charge in [-0.05, 0) is 24.1 Å². The molecule has 90 valence electrons. The molecule has 0 fully saturated rings. The highest BCUT2D eigenvalue weighted by molar-refractivity contribution is 5.53. The number of hydrogen-bond acceptors (Lipinski definition) is 4. The van der Waals surface area contributed by atoms with Gasteiger partial charge in [-0.25, -0.2) is 0 Å². The van der Waals surface area contributed by atoms with Crippen LogP contribution in [-0.4, -0.2) is 20.8 Å². The molecule has 2 N–H and O–H groups in total. The molecule has 0 aliphatic carbocycles. The van der Waals surface area contributed by atoms with Crippen molar-refractivity contribution in [1.82, 2.24) is 0 Å². The van der Waals surface area contributed by atoms with Gasteiger partial charge in [-0.15, -0.1) is 0 Å². The molecule has 0 saturated heterocycles. The summed E-state index contributed by atoms with van der Waals surface area (Å²) < 4.78 is 16.1. The van der Waals surface area contributed by atoms with Crippen molar-refractivity contribution in [2.75, 3.05) is 20.8 Å². The molecule has 1 rings (SSSR count). The zero-order valence-electron chi connectivity index (χ0n) is 10.1. The van der Waals surface area contributed by atoms with E-state index in [0.29, 0.717) is 30.4 Å². The maximum Gasteiger partial charge on any atom is 0.203 e. The van der Waals surface area contributed by atoms with Gasteiger partial charge in [0.15, 0.2) is 11.5 Å². The van der Waals surface area contributed by atoms with Crippen LogP contribution >= 0.6 is 0 Å². The molecule has 0 amide bonds. The molecule has 0 radical (unpaired) electrons. The lowest BCUT2D eigenvalue weighted by Gasteiger charge is -2.15. The summed E-state index contributed by atoms with van der Waals surface area (Å²) in [5.74, 6) is 1.96. The van der Waals surface area contributed by atoms with Crippen LogP contribution in [0.2, 0.25) is 0 Å². The van der Waals surface area contributed by atoms with E-state index in [2.05, 4.69) is 0 Å². The molecule has 4 heteroatoms. The lowest BCUT2D eigenvalue weighted by atomic mass is 10.2. The van der Waals surface area contributed by atoms with Gasteiger partial charge in [0.1, 0.15) is 0 Å². The van der Waals surface area contributed by atoms with E-state index >= 15 is 0 Å². The van der Waals surface area contributed by atoms with Gasteiger partial charge < -0.3 is 19.9 Å². The van der Waals surface area contributed by atoms with E-state index in [-0.39, 0.29) is 0 Å². The lowest BCUT2D eigenvalue weighted by Crippen LogP contribution is -2.03. The van der Waals surface area contributed by atoms with Gasteiger partial charge in [-0.2, -0.15) is 0 Å². The minimum absolute atomic E-state index is 0.445. The second kappa shape index (κ2) is 6.23. The van der Waals surface area contributed by atoms with Gasteiger partial charge in [0.05, 0.1) is 20.8 Å². The van der Waals surface area contributed by atoms with Crippen molar-refractivity contribution in [2.24, 2.45) is 5.73 Å². The predicted octanol–water partition coefficient (Wildman–Crippen LogP) is 1.95. The van der Waals surface area contributed by atoms with E-state index in [1.54, 1.807) is 14.2 Å². The Morgan fingerprint density at radius 2 is 1.69 bits per heavy atom. The molecule has 0 heterocycles. The quantitative estimate of drug-likeness (QED) is 0.804. The Labute approximate surface area is 96.3 Å². The zero-order chi connectivity index (χ0) is 12.0. The number of hydrogen-bond donors (Lipinski definition) is 1. The lowest BCUT2D eigenvalue weighted by molar-refractivity contribution is 0.274. The van der Waals surface area contributed by atoms with Crippen LogP contribution in [0, 0.1) is 0 Å². The van der Waals surface area contributed by atoms with Gasteiger partial charge in [-0.3, -0.25) is 0 Å². The molecule has 0 saturated carbocycles. The number of benzene rings is 1. The standard InChI is InChI=1S/C12H19NO3/c1-4-5-16-12-10(14-2)6-9(8-13)7-11(12)15-3/h6-7H,4-5,8,13H2,1-3H3. The molecular weight excluding hydrogens is 206 g/mol. The van der Waals surface area contributed by atoms with Crippen molar-refractivity contribution in [1.29, 1.82) is 0 Å². The second-order valence-electron chi connectivity index (χ2n) is 3.38. The van der Waals surface area contributed by atoms with Crippen LogP contribution in [0.4, 0.5) is 0 Å². The van der Waals surface area contributed by atoms with E-state index in [4.69, 9.17) is 19.9 Å². The molecule has 1 aromatic rings. The summed E-state index contributed by atoms with van der Waals surface area (Å²) in [4.78, 5) is 0. The van der Waals surface area contributed by atoms with Gasteiger partial charge in [0.2, 0.25) is 5.75 Å². The van der Waals surface area contributed by atoms with E-state index in [1.165, 1.54) is 0 Å². The first-order valence-electron chi connectivity index (χ1n) is 5.34. The minimum atomic E-state index is 0.445. The van der Waals surface area contributed by atoms with Gasteiger partial charge in [-0.1, -0.05) is 6.92 Å². The average molecular weight is 225 g/mol. The highest BCUT2D eigenvalue weighted by Crippen LogP contribution is 2.38. The van der Waals surface area contributed by atoms with E-state index in [0.717, 1.165) is 12.0 Å². The summed E-state index contributed by atoms with van der Waals surface area (Å²) >= 11 is 0. The van der Waals surface area contributed by atoms with Crippen LogP contribution in [0.3, 0.4) is 0 Å². The summed E-state index contributed by atoms with van der Waals surface area (Å²) in [6.07, 6.45) is 0.935. The number of rotatable bonds is 6. The summed E-state index contributed by atoms with van der Waals surface area (Å²) in [5, 5.41) is 0. The number of methoxy groups -OCH3 is 2. The van der Waals surface area contributed by atoms with Crippen LogP contribution < -0.4 is 19.9 Å². The fourth-order valence-electron chi connectivity index (χ4n) is 1.40. The molecular formula is C12H19NO3. The van der Waals surface area contributed by atoms with Crippen molar-refractivity contribution < 1.29 is 14.2 Å². The maximum atomic E-state index is 5.61. The van der Waals surface area contributed by atoms with Crippen LogP contribution in [0.5, 0.6) is 17.2 Å². The van der Waals surface area contributed by atoms with Crippen molar-refractivity contribution in [3.05, 3.63) is 17.7 Å². The highest BCUT2D eigenvalue weighted by atomic mass is 16.5. The third kappa shape index (κ3) is 2.79. The van der Waals surface area contributed by atoms with Crippen LogP contribution in [-0.2, 0) is 6.54 Å². The van der Waals surface area contributed by atoms with Crippen molar-refractivity contribution >= 4 is 0 Å². The predicted molar refractivity (Wildman–Crippen MR) is 63.2 cm³/mol. The smallest absolute Gasteiger partial charge is 0.203 e. The van der Waals surface area contributed by atoms with Gasteiger partial charge >= 0.3 is 0 Å². The Balaban J connectivity index is 3.09. The van der Waals surface area contributed by atoms with Crippen molar-refractivity contribution in [2.45, 2.75) is 19.9 Å². The summed E-state index contributed by atoms with van der Waals surface area (Å²) in [7, 11) is 3.21. The topological polar surface area (TPSA) is 53.7 Å². The van der Waals surface area contributed by atoms with Gasteiger partial charge in [0, 0.05) is 6.54 Å². The largest absolute Gasteiger partial charge is 0.493 e. The Bertz CT molecular complexity index is 314. The van der Waals surface area contributed by atoms with Crippen molar-refractivity contribution in [3.8, 4) is 17.2 Å². The molecule has 0 aliphatic rings. The van der Waals surface area contributed by atoms with E-state index in [9.17, 15) is 0 Å². The number of nitrogens with two attached hydrogens (primary N) is 1. The minimum Gasteiger partial charge on any atom is -0.493 e. The zero-order valence-corrected chi connectivity index (χ0v) is 10.1. The van der Waals surface area contributed by atoms with E-state index < -0.39 is 0 Å². The number of ether oxygens (including phenoxy) is 3. The second-order valence-corrected chi connectivity index (χ2v) is 3.38. The normalized spacial score (nSPS) is 10.0. The SMILES string of the molecule is CCCOc1c(OC)cc(CN)cc1OC.